The van der Waals surface area contributed by atoms with Crippen molar-refractivity contribution < 1.29 is 9.90 Å². The van der Waals surface area contributed by atoms with Gasteiger partial charge in [-0.15, -0.1) is 0 Å². The van der Waals surface area contributed by atoms with Crippen molar-refractivity contribution in [2.24, 2.45) is 0 Å². The minimum Gasteiger partial charge on any atom is -0.508 e. The molecule has 3 rings (SSSR count). The van der Waals surface area contributed by atoms with Crippen LogP contribution in [-0.4, -0.2) is 30.0 Å². The number of amides is 1. The summed E-state index contributed by atoms with van der Waals surface area (Å²) in [4.78, 5) is 13.8. The highest BCUT2D eigenvalue weighted by atomic mass is 79.9. The van der Waals surface area contributed by atoms with Gasteiger partial charge in [0.1, 0.15) is 5.75 Å². The zero-order valence-corrected chi connectivity index (χ0v) is 16.4. The lowest BCUT2D eigenvalue weighted by atomic mass is 10.0. The molecule has 134 valence electrons. The van der Waals surface area contributed by atoms with Crippen LogP contribution in [0.1, 0.15) is 21.5 Å². The number of nitrogens with zero attached hydrogens (tertiary/aromatic N) is 1. The van der Waals surface area contributed by atoms with Gasteiger partial charge >= 0.3 is 0 Å². The van der Waals surface area contributed by atoms with Crippen LogP contribution in [0.15, 0.2) is 59.1 Å². The van der Waals surface area contributed by atoms with Crippen molar-refractivity contribution in [1.82, 2.24) is 10.2 Å². The van der Waals surface area contributed by atoms with Crippen molar-refractivity contribution in [3.05, 3.63) is 75.8 Å². The molecule has 0 heterocycles. The highest BCUT2D eigenvalue weighted by Gasteiger charge is 2.11. The molecule has 3 aromatic rings. The van der Waals surface area contributed by atoms with E-state index in [-0.39, 0.29) is 5.91 Å². The topological polar surface area (TPSA) is 52.6 Å². The number of phenolic OH excluding ortho intramolecular Hbond substituents is 1. The smallest absolute Gasteiger partial charge is 0.251 e. The van der Waals surface area contributed by atoms with Gasteiger partial charge in [0.2, 0.25) is 0 Å². The number of carbonyl (C=O) groups is 1. The summed E-state index contributed by atoms with van der Waals surface area (Å²) in [6.07, 6.45) is 0. The van der Waals surface area contributed by atoms with Crippen molar-refractivity contribution >= 4 is 32.6 Å². The van der Waals surface area contributed by atoms with E-state index >= 15 is 0 Å². The standard InChI is InChI=1S/C21H21BrN2O2/c1-23-21(26)15-5-3-14(4-6-15)12-24(2)13-19-18-9-8-17(22)11-16(18)7-10-20(19)25/h3-11,25H,12-13H2,1-2H3,(H,23,26). The Morgan fingerprint density at radius 2 is 1.81 bits per heavy atom. The Hall–Kier alpha value is -2.37. The first kappa shape index (κ1) is 18.4. The summed E-state index contributed by atoms with van der Waals surface area (Å²) in [7, 11) is 3.64. The minimum atomic E-state index is -0.0863. The maximum atomic E-state index is 11.6. The molecule has 4 nitrogen and oxygen atoms in total. The average molecular weight is 413 g/mol. The van der Waals surface area contributed by atoms with E-state index in [0.29, 0.717) is 17.9 Å². The van der Waals surface area contributed by atoms with Crippen molar-refractivity contribution in [3.8, 4) is 5.75 Å². The second-order valence-corrected chi connectivity index (χ2v) is 7.29. The molecule has 0 spiro atoms. The molecule has 5 heteroatoms. The molecule has 1 amide bonds. The molecule has 0 radical (unpaired) electrons. The van der Waals surface area contributed by atoms with E-state index in [0.717, 1.165) is 32.9 Å². The van der Waals surface area contributed by atoms with Gasteiger partial charge in [-0.05, 0) is 53.7 Å². The van der Waals surface area contributed by atoms with Gasteiger partial charge in [-0.1, -0.05) is 40.2 Å². The summed E-state index contributed by atoms with van der Waals surface area (Å²) >= 11 is 3.49. The molecule has 0 fully saturated rings. The number of fused-ring (bicyclic) bond motifs is 1. The lowest BCUT2D eigenvalue weighted by Gasteiger charge is -2.19. The number of carbonyl (C=O) groups excluding carboxylic acids is 1. The van der Waals surface area contributed by atoms with Gasteiger partial charge in [-0.2, -0.15) is 0 Å². The maximum Gasteiger partial charge on any atom is 0.251 e. The van der Waals surface area contributed by atoms with Crippen LogP contribution in [-0.2, 0) is 13.1 Å². The molecule has 0 aliphatic rings. The van der Waals surface area contributed by atoms with Crippen LogP contribution in [0.4, 0.5) is 0 Å². The van der Waals surface area contributed by atoms with Gasteiger partial charge in [-0.25, -0.2) is 0 Å². The van der Waals surface area contributed by atoms with Gasteiger partial charge < -0.3 is 10.4 Å². The molecule has 0 atom stereocenters. The fraction of sp³-hybridized carbons (Fsp3) is 0.190. The zero-order chi connectivity index (χ0) is 18.7. The van der Waals surface area contributed by atoms with E-state index in [4.69, 9.17) is 0 Å². The SMILES string of the molecule is CNC(=O)c1ccc(CN(C)Cc2c(O)ccc3cc(Br)ccc23)cc1. The molecule has 26 heavy (non-hydrogen) atoms. The molecule has 0 aliphatic carbocycles. The molecule has 0 unspecified atom stereocenters. The van der Waals surface area contributed by atoms with E-state index in [1.54, 1.807) is 13.1 Å². The number of hydrogen-bond acceptors (Lipinski definition) is 3. The third kappa shape index (κ3) is 4.06. The summed E-state index contributed by atoms with van der Waals surface area (Å²) in [6, 6.07) is 17.3. The molecule has 0 saturated carbocycles. The number of rotatable bonds is 5. The van der Waals surface area contributed by atoms with E-state index < -0.39 is 0 Å². The Kier molecular flexibility index (Phi) is 5.59. The molecular formula is C21H21BrN2O2. The molecule has 3 aromatic carbocycles. The van der Waals surface area contributed by atoms with Crippen LogP contribution in [0.2, 0.25) is 0 Å². The molecule has 0 aliphatic heterocycles. The van der Waals surface area contributed by atoms with E-state index in [1.807, 2.05) is 49.5 Å². The lowest BCUT2D eigenvalue weighted by Crippen LogP contribution is -2.19. The number of benzene rings is 3. The highest BCUT2D eigenvalue weighted by molar-refractivity contribution is 9.10. The average Bonchev–Trinajstić information content (AvgIpc) is 2.64. The highest BCUT2D eigenvalue weighted by Crippen LogP contribution is 2.30. The van der Waals surface area contributed by atoms with E-state index in [1.165, 1.54) is 0 Å². The third-order valence-electron chi connectivity index (χ3n) is 4.39. The minimum absolute atomic E-state index is 0.0863. The number of phenols is 1. The maximum absolute atomic E-state index is 11.6. The Balaban J connectivity index is 1.78. The largest absolute Gasteiger partial charge is 0.508 e. The van der Waals surface area contributed by atoms with Crippen LogP contribution < -0.4 is 5.32 Å². The van der Waals surface area contributed by atoms with Crippen molar-refractivity contribution in [2.45, 2.75) is 13.1 Å². The predicted molar refractivity (Wildman–Crippen MR) is 108 cm³/mol. The Morgan fingerprint density at radius 1 is 1.08 bits per heavy atom. The molecule has 0 saturated heterocycles. The number of nitrogens with one attached hydrogen (secondary N) is 1. The summed E-state index contributed by atoms with van der Waals surface area (Å²) in [5.74, 6) is 0.221. The van der Waals surface area contributed by atoms with Crippen LogP contribution in [0.3, 0.4) is 0 Å². The second kappa shape index (κ2) is 7.89. The van der Waals surface area contributed by atoms with Gasteiger partial charge in [0.05, 0.1) is 0 Å². The van der Waals surface area contributed by atoms with Crippen LogP contribution >= 0.6 is 15.9 Å². The monoisotopic (exact) mass is 412 g/mol. The fourth-order valence-electron chi connectivity index (χ4n) is 3.06. The van der Waals surface area contributed by atoms with Crippen molar-refractivity contribution in [2.75, 3.05) is 14.1 Å². The zero-order valence-electron chi connectivity index (χ0n) is 14.8. The Morgan fingerprint density at radius 3 is 2.50 bits per heavy atom. The second-order valence-electron chi connectivity index (χ2n) is 6.38. The Labute approximate surface area is 161 Å². The van der Waals surface area contributed by atoms with E-state index in [2.05, 4.69) is 32.2 Å². The normalized spacial score (nSPS) is 11.1. The predicted octanol–water partition coefficient (Wildman–Crippen LogP) is 4.30. The van der Waals surface area contributed by atoms with Crippen molar-refractivity contribution in [1.29, 1.82) is 0 Å². The molecule has 2 N–H and O–H groups in total. The molecule has 0 aromatic heterocycles. The molecular weight excluding hydrogens is 392 g/mol. The van der Waals surface area contributed by atoms with Crippen molar-refractivity contribution in [3.63, 3.8) is 0 Å². The number of hydrogen-bond donors (Lipinski definition) is 2. The van der Waals surface area contributed by atoms with E-state index in [9.17, 15) is 9.90 Å². The first-order valence-corrected chi connectivity index (χ1v) is 9.17. The fourth-order valence-corrected chi connectivity index (χ4v) is 3.44. The quantitative estimate of drug-likeness (QED) is 0.656. The third-order valence-corrected chi connectivity index (χ3v) is 4.89. The van der Waals surface area contributed by atoms with Crippen LogP contribution in [0.5, 0.6) is 5.75 Å². The van der Waals surface area contributed by atoms with Gasteiger partial charge in [0.25, 0.3) is 5.91 Å². The van der Waals surface area contributed by atoms with Crippen LogP contribution in [0, 0.1) is 0 Å². The summed E-state index contributed by atoms with van der Waals surface area (Å²) in [5.41, 5.74) is 2.68. The van der Waals surface area contributed by atoms with Gasteiger partial charge in [-0.3, -0.25) is 9.69 Å². The first-order chi connectivity index (χ1) is 12.5. The molecule has 0 bridgehead atoms. The first-order valence-electron chi connectivity index (χ1n) is 8.37. The lowest BCUT2D eigenvalue weighted by molar-refractivity contribution is 0.0963. The van der Waals surface area contributed by atoms with Gasteiger partial charge in [0, 0.05) is 35.7 Å². The Bertz CT molecular complexity index is 939. The number of aromatic hydroxyl groups is 1. The van der Waals surface area contributed by atoms with Gasteiger partial charge in [0.15, 0.2) is 0 Å². The number of halogens is 1. The summed E-state index contributed by atoms with van der Waals surface area (Å²) in [5, 5.41) is 15.1. The summed E-state index contributed by atoms with van der Waals surface area (Å²) in [6.45, 7) is 1.35. The van der Waals surface area contributed by atoms with Crippen LogP contribution in [0.25, 0.3) is 10.8 Å². The summed E-state index contributed by atoms with van der Waals surface area (Å²) < 4.78 is 1.02.